The van der Waals surface area contributed by atoms with Crippen LogP contribution in [0.5, 0.6) is 0 Å². The van der Waals surface area contributed by atoms with Gasteiger partial charge in [-0.25, -0.2) is 0 Å². The van der Waals surface area contributed by atoms with E-state index < -0.39 is 0 Å². The Morgan fingerprint density at radius 2 is 2.11 bits per heavy atom. The molecule has 0 aromatic rings. The Kier molecular flexibility index (Phi) is 5.44. The molecule has 0 amide bonds. The molecule has 0 aromatic heterocycles. The van der Waals surface area contributed by atoms with Gasteiger partial charge in [-0.3, -0.25) is 0 Å². The fourth-order valence-corrected chi connectivity index (χ4v) is 1.24. The monoisotopic (exact) mass is 196 g/mol. The Hall–Kier alpha value is 0.400. The van der Waals surface area contributed by atoms with E-state index in [0.29, 0.717) is 11.8 Å². The highest BCUT2D eigenvalue weighted by molar-refractivity contribution is 9.09. The molecule has 9 heavy (non-hydrogen) atoms. The number of aliphatic hydroxyl groups is 2. The normalized spacial score (nSPS) is 17.3. The lowest BCUT2D eigenvalue weighted by Crippen LogP contribution is -2.24. The van der Waals surface area contributed by atoms with Crippen LogP contribution in [0, 0.1) is 5.92 Å². The summed E-state index contributed by atoms with van der Waals surface area (Å²) in [5, 5.41) is 18.4. The van der Waals surface area contributed by atoms with Crippen molar-refractivity contribution in [3.05, 3.63) is 0 Å². The van der Waals surface area contributed by atoms with E-state index in [1.165, 1.54) is 0 Å². The van der Waals surface area contributed by atoms with Crippen molar-refractivity contribution in [1.82, 2.24) is 0 Å². The molecule has 2 N–H and O–H groups in total. The van der Waals surface area contributed by atoms with Gasteiger partial charge in [-0.05, 0) is 6.42 Å². The van der Waals surface area contributed by atoms with Crippen LogP contribution >= 0.6 is 15.9 Å². The van der Waals surface area contributed by atoms with Gasteiger partial charge in [0.2, 0.25) is 0 Å². The molecule has 0 saturated heterocycles. The first-order chi connectivity index (χ1) is 4.26. The lowest BCUT2D eigenvalue weighted by Gasteiger charge is -2.15. The second-order valence-electron chi connectivity index (χ2n) is 2.07. The zero-order chi connectivity index (χ0) is 7.28. The average Bonchev–Trinajstić information content (AvgIpc) is 1.90. The molecule has 0 aromatic carbocycles. The van der Waals surface area contributed by atoms with E-state index in [1.54, 1.807) is 0 Å². The third-order valence-corrected chi connectivity index (χ3v) is 2.23. The first kappa shape index (κ1) is 9.40. The minimum absolute atomic E-state index is 0.00463. The molecule has 0 aliphatic carbocycles. The molecule has 0 bridgehead atoms. The highest BCUT2D eigenvalue weighted by Gasteiger charge is 2.13. The van der Waals surface area contributed by atoms with E-state index in [4.69, 9.17) is 10.2 Å². The summed E-state index contributed by atoms with van der Waals surface area (Å²) in [6, 6.07) is 0. The third-order valence-electron chi connectivity index (χ3n) is 1.40. The van der Waals surface area contributed by atoms with Gasteiger partial charge >= 0.3 is 0 Å². The molecule has 56 valence electrons. The van der Waals surface area contributed by atoms with Crippen LogP contribution in [0.1, 0.15) is 13.3 Å². The summed E-state index contributed by atoms with van der Waals surface area (Å²) < 4.78 is 0. The first-order valence-corrected chi connectivity index (χ1v) is 4.23. The van der Waals surface area contributed by atoms with Crippen LogP contribution < -0.4 is 0 Å². The number of aliphatic hydroxyl groups excluding tert-OH is 2. The number of halogens is 1. The fraction of sp³-hybridized carbons (Fsp3) is 1.00. The van der Waals surface area contributed by atoms with Gasteiger partial charge in [0.15, 0.2) is 0 Å². The molecule has 2 nitrogen and oxygen atoms in total. The largest absolute Gasteiger partial charge is 0.396 e. The number of alkyl halides is 1. The minimum atomic E-state index is -0.366. The molecule has 0 aliphatic heterocycles. The molecule has 2 atom stereocenters. The Bertz CT molecular complexity index is 64.1. The molecule has 0 saturated carbocycles. The van der Waals surface area contributed by atoms with Crippen molar-refractivity contribution in [3.63, 3.8) is 0 Å². The first-order valence-electron chi connectivity index (χ1n) is 3.11. The Morgan fingerprint density at radius 1 is 1.56 bits per heavy atom. The summed E-state index contributed by atoms with van der Waals surface area (Å²) in [7, 11) is 0. The van der Waals surface area contributed by atoms with Crippen LogP contribution in [0.15, 0.2) is 0 Å². The van der Waals surface area contributed by atoms with E-state index in [9.17, 15) is 0 Å². The van der Waals surface area contributed by atoms with Crippen molar-refractivity contribution in [2.75, 3.05) is 11.9 Å². The van der Waals surface area contributed by atoms with E-state index >= 15 is 0 Å². The summed E-state index contributed by atoms with van der Waals surface area (Å²) in [6.07, 6.45) is 0.339. The van der Waals surface area contributed by atoms with Gasteiger partial charge in [-0.1, -0.05) is 22.9 Å². The van der Waals surface area contributed by atoms with Crippen LogP contribution in [0.2, 0.25) is 0 Å². The van der Waals surface area contributed by atoms with Gasteiger partial charge in [0, 0.05) is 17.9 Å². The van der Waals surface area contributed by atoms with Crippen molar-refractivity contribution >= 4 is 15.9 Å². The summed E-state index contributed by atoms with van der Waals surface area (Å²) >= 11 is 3.20. The average molecular weight is 197 g/mol. The fourth-order valence-electron chi connectivity index (χ4n) is 0.607. The molecule has 0 heterocycles. The maximum Gasteiger partial charge on any atom is 0.0595 e. The number of hydrogen-bond acceptors (Lipinski definition) is 2. The van der Waals surface area contributed by atoms with Crippen LogP contribution in [0.4, 0.5) is 0 Å². The quantitative estimate of drug-likeness (QED) is 0.653. The van der Waals surface area contributed by atoms with Crippen molar-refractivity contribution in [3.8, 4) is 0 Å². The smallest absolute Gasteiger partial charge is 0.0595 e. The maximum absolute atomic E-state index is 9.13. The van der Waals surface area contributed by atoms with Gasteiger partial charge < -0.3 is 10.2 Å². The van der Waals surface area contributed by atoms with E-state index in [0.717, 1.165) is 0 Å². The van der Waals surface area contributed by atoms with Crippen molar-refractivity contribution < 1.29 is 10.2 Å². The lowest BCUT2D eigenvalue weighted by atomic mass is 10.0. The van der Waals surface area contributed by atoms with Crippen LogP contribution in [0.3, 0.4) is 0 Å². The number of rotatable bonds is 4. The minimum Gasteiger partial charge on any atom is -0.396 e. The molecule has 0 spiro atoms. The molecule has 2 unspecified atom stereocenters. The molecular formula is C6H13BrO2. The molecular weight excluding hydrogens is 184 g/mol. The Morgan fingerprint density at radius 3 is 2.22 bits per heavy atom. The van der Waals surface area contributed by atoms with E-state index in [2.05, 4.69) is 15.9 Å². The van der Waals surface area contributed by atoms with Gasteiger partial charge in [-0.2, -0.15) is 0 Å². The van der Waals surface area contributed by atoms with Gasteiger partial charge in [-0.15, -0.1) is 0 Å². The molecule has 0 radical (unpaired) electrons. The van der Waals surface area contributed by atoms with E-state index in [1.807, 2.05) is 6.92 Å². The molecule has 0 rings (SSSR count). The van der Waals surface area contributed by atoms with Crippen LogP contribution in [-0.4, -0.2) is 28.3 Å². The lowest BCUT2D eigenvalue weighted by molar-refractivity contribution is 0.0775. The predicted molar refractivity (Wildman–Crippen MR) is 40.7 cm³/mol. The van der Waals surface area contributed by atoms with Gasteiger partial charge in [0.25, 0.3) is 0 Å². The molecule has 0 aliphatic rings. The predicted octanol–water partition coefficient (Wildman–Crippen LogP) is 0.761. The Balaban J connectivity index is 3.50. The second-order valence-corrected chi connectivity index (χ2v) is 2.72. The van der Waals surface area contributed by atoms with Gasteiger partial charge in [0.1, 0.15) is 0 Å². The highest BCUT2D eigenvalue weighted by atomic mass is 79.9. The SMILES string of the molecule is CCC(O)C(CO)CBr. The number of hydrogen-bond donors (Lipinski definition) is 2. The molecule has 3 heteroatoms. The second kappa shape index (κ2) is 5.21. The third kappa shape index (κ3) is 3.18. The van der Waals surface area contributed by atoms with Gasteiger partial charge in [0.05, 0.1) is 6.10 Å². The standard InChI is InChI=1S/C6H13BrO2/c1-2-6(9)5(3-7)4-8/h5-6,8-9H,2-4H2,1H3. The summed E-state index contributed by atoms with van der Waals surface area (Å²) in [4.78, 5) is 0. The Labute approximate surface area is 64.0 Å². The van der Waals surface area contributed by atoms with Crippen molar-refractivity contribution in [2.24, 2.45) is 5.92 Å². The van der Waals surface area contributed by atoms with Crippen LogP contribution in [0.25, 0.3) is 0 Å². The van der Waals surface area contributed by atoms with Crippen LogP contribution in [-0.2, 0) is 0 Å². The van der Waals surface area contributed by atoms with Crippen molar-refractivity contribution in [1.29, 1.82) is 0 Å². The summed E-state index contributed by atoms with van der Waals surface area (Å²) in [6.45, 7) is 1.95. The highest BCUT2D eigenvalue weighted by Crippen LogP contribution is 2.08. The van der Waals surface area contributed by atoms with Crippen molar-refractivity contribution in [2.45, 2.75) is 19.4 Å². The zero-order valence-corrected chi connectivity index (χ0v) is 7.13. The summed E-state index contributed by atoms with van der Waals surface area (Å²) in [5.41, 5.74) is 0. The maximum atomic E-state index is 9.13. The molecule has 0 fully saturated rings. The van der Waals surface area contributed by atoms with E-state index in [-0.39, 0.29) is 18.6 Å². The summed E-state index contributed by atoms with van der Waals surface area (Å²) in [5.74, 6) is -0.00463. The topological polar surface area (TPSA) is 40.5 Å². The zero-order valence-electron chi connectivity index (χ0n) is 5.55.